The van der Waals surface area contributed by atoms with Crippen molar-refractivity contribution in [3.63, 3.8) is 0 Å². The summed E-state index contributed by atoms with van der Waals surface area (Å²) >= 11 is 0. The van der Waals surface area contributed by atoms with E-state index >= 15 is 0 Å². The summed E-state index contributed by atoms with van der Waals surface area (Å²) in [5.41, 5.74) is 0.423. The molecule has 1 aromatic rings. The van der Waals surface area contributed by atoms with Crippen molar-refractivity contribution in [2.45, 2.75) is 25.9 Å². The molecule has 0 spiro atoms. The largest absolute Gasteiger partial charge is 0.310 e. The minimum Gasteiger partial charge on any atom is -0.310 e. The molecule has 2 atom stereocenters. The Kier molecular flexibility index (Phi) is 2.87. The molecule has 0 bridgehead atoms. The van der Waals surface area contributed by atoms with Gasteiger partial charge in [0.2, 0.25) is 0 Å². The van der Waals surface area contributed by atoms with E-state index in [9.17, 15) is 14.5 Å². The van der Waals surface area contributed by atoms with Crippen molar-refractivity contribution in [3.05, 3.63) is 39.7 Å². The monoisotopic (exact) mass is 224 g/mol. The van der Waals surface area contributed by atoms with E-state index in [1.54, 1.807) is 0 Å². The highest BCUT2D eigenvalue weighted by Crippen LogP contribution is 2.29. The van der Waals surface area contributed by atoms with Crippen LogP contribution < -0.4 is 5.32 Å². The normalized spacial score (nSPS) is 23.1. The zero-order valence-electron chi connectivity index (χ0n) is 8.94. The summed E-state index contributed by atoms with van der Waals surface area (Å²) in [6, 6.07) is 4.14. The summed E-state index contributed by atoms with van der Waals surface area (Å²) in [6.07, 6.45) is 1.12. The van der Waals surface area contributed by atoms with Gasteiger partial charge >= 0.3 is 0 Å². The Morgan fingerprint density at radius 3 is 2.81 bits per heavy atom. The lowest BCUT2D eigenvalue weighted by molar-refractivity contribution is -0.385. The average molecular weight is 224 g/mol. The number of hydrogen-bond donors (Lipinski definition) is 1. The molecule has 0 saturated heterocycles. The van der Waals surface area contributed by atoms with Gasteiger partial charge in [-0.25, -0.2) is 4.39 Å². The third-order valence-electron chi connectivity index (χ3n) is 2.83. The topological polar surface area (TPSA) is 55.2 Å². The van der Waals surface area contributed by atoms with E-state index in [0.717, 1.165) is 12.5 Å². The highest BCUT2D eigenvalue weighted by atomic mass is 19.1. The van der Waals surface area contributed by atoms with E-state index in [2.05, 4.69) is 12.2 Å². The van der Waals surface area contributed by atoms with Gasteiger partial charge in [-0.1, -0.05) is 6.92 Å². The van der Waals surface area contributed by atoms with E-state index < -0.39 is 10.7 Å². The average Bonchev–Trinajstić information content (AvgIpc) is 2.91. The molecular formula is C11H13FN2O2. The maximum absolute atomic E-state index is 13.1. The van der Waals surface area contributed by atoms with Gasteiger partial charge < -0.3 is 5.32 Å². The fourth-order valence-electron chi connectivity index (χ4n) is 1.70. The van der Waals surface area contributed by atoms with Crippen LogP contribution >= 0.6 is 0 Å². The Balaban J connectivity index is 2.05. The number of non-ortho nitro benzene ring substituents is 1. The summed E-state index contributed by atoms with van der Waals surface area (Å²) < 4.78 is 13.1. The van der Waals surface area contributed by atoms with Crippen molar-refractivity contribution >= 4 is 5.69 Å². The fraction of sp³-hybridized carbons (Fsp3) is 0.455. The first-order valence-corrected chi connectivity index (χ1v) is 5.23. The van der Waals surface area contributed by atoms with Crippen molar-refractivity contribution in [1.29, 1.82) is 0 Å². The van der Waals surface area contributed by atoms with E-state index in [1.807, 2.05) is 0 Å². The molecule has 0 amide bonds. The van der Waals surface area contributed by atoms with Crippen LogP contribution in [0.5, 0.6) is 0 Å². The zero-order chi connectivity index (χ0) is 11.7. The van der Waals surface area contributed by atoms with Gasteiger partial charge in [0, 0.05) is 18.7 Å². The number of benzene rings is 1. The molecule has 1 N–H and O–H groups in total. The molecule has 0 radical (unpaired) electrons. The molecule has 0 aliphatic heterocycles. The summed E-state index contributed by atoms with van der Waals surface area (Å²) in [7, 11) is 0. The Bertz CT molecular complexity index is 422. The first kappa shape index (κ1) is 11.0. The molecule has 2 unspecified atom stereocenters. The van der Waals surface area contributed by atoms with Crippen LogP contribution in [0, 0.1) is 21.8 Å². The predicted molar refractivity (Wildman–Crippen MR) is 57.5 cm³/mol. The second kappa shape index (κ2) is 4.17. The number of nitro groups is 1. The first-order valence-electron chi connectivity index (χ1n) is 5.23. The molecule has 1 fully saturated rings. The molecular weight excluding hydrogens is 211 g/mol. The number of nitro benzene ring substituents is 1. The Morgan fingerprint density at radius 1 is 1.56 bits per heavy atom. The molecule has 1 aliphatic carbocycles. The standard InChI is InChI=1S/C11H13FN2O2/c1-7-2-11(7)13-6-8-3-9(12)5-10(4-8)14(15)16/h3-5,7,11,13H,2,6H2,1H3. The van der Waals surface area contributed by atoms with Crippen LogP contribution in [-0.2, 0) is 6.54 Å². The smallest absolute Gasteiger partial charge is 0.272 e. The zero-order valence-corrected chi connectivity index (χ0v) is 8.94. The van der Waals surface area contributed by atoms with Crippen LogP contribution in [0.4, 0.5) is 10.1 Å². The fourth-order valence-corrected chi connectivity index (χ4v) is 1.70. The summed E-state index contributed by atoms with van der Waals surface area (Å²) in [6.45, 7) is 2.61. The third-order valence-corrected chi connectivity index (χ3v) is 2.83. The molecule has 1 aromatic carbocycles. The number of nitrogens with zero attached hydrogens (tertiary/aromatic N) is 1. The van der Waals surface area contributed by atoms with Gasteiger partial charge in [-0.3, -0.25) is 10.1 Å². The molecule has 86 valence electrons. The van der Waals surface area contributed by atoms with Crippen molar-refractivity contribution < 1.29 is 9.31 Å². The summed E-state index contributed by atoms with van der Waals surface area (Å²) in [4.78, 5) is 9.95. The Hall–Kier alpha value is -1.49. The number of nitrogens with one attached hydrogen (secondary N) is 1. The predicted octanol–water partition coefficient (Wildman–Crippen LogP) is 2.23. The molecule has 4 nitrogen and oxygen atoms in total. The molecule has 2 rings (SSSR count). The molecule has 0 heterocycles. The SMILES string of the molecule is CC1CC1NCc1cc(F)cc([N+](=O)[O-])c1. The minimum absolute atomic E-state index is 0.194. The maximum Gasteiger partial charge on any atom is 0.272 e. The minimum atomic E-state index is -0.577. The van der Waals surface area contributed by atoms with Gasteiger partial charge in [-0.2, -0.15) is 0 Å². The Morgan fingerprint density at radius 2 is 2.25 bits per heavy atom. The lowest BCUT2D eigenvalue weighted by Gasteiger charge is -2.03. The van der Waals surface area contributed by atoms with Gasteiger partial charge in [0.15, 0.2) is 0 Å². The van der Waals surface area contributed by atoms with Gasteiger partial charge in [-0.15, -0.1) is 0 Å². The third kappa shape index (κ3) is 2.55. The van der Waals surface area contributed by atoms with E-state index in [0.29, 0.717) is 24.1 Å². The van der Waals surface area contributed by atoms with Gasteiger partial charge in [0.05, 0.1) is 11.0 Å². The molecule has 1 aliphatic rings. The lowest BCUT2D eigenvalue weighted by atomic mass is 10.2. The highest BCUT2D eigenvalue weighted by Gasteiger charge is 2.31. The van der Waals surface area contributed by atoms with Gasteiger partial charge in [0.25, 0.3) is 5.69 Å². The maximum atomic E-state index is 13.1. The molecule has 1 saturated carbocycles. The second-order valence-electron chi connectivity index (χ2n) is 4.28. The van der Waals surface area contributed by atoms with E-state index in [1.165, 1.54) is 12.1 Å². The van der Waals surface area contributed by atoms with Gasteiger partial charge in [0.1, 0.15) is 5.82 Å². The van der Waals surface area contributed by atoms with Crippen LogP contribution in [0.15, 0.2) is 18.2 Å². The van der Waals surface area contributed by atoms with Crippen LogP contribution in [-0.4, -0.2) is 11.0 Å². The number of rotatable bonds is 4. The molecule has 16 heavy (non-hydrogen) atoms. The molecule has 0 aromatic heterocycles. The van der Waals surface area contributed by atoms with Crippen molar-refractivity contribution in [2.75, 3.05) is 0 Å². The van der Waals surface area contributed by atoms with Gasteiger partial charge in [-0.05, 0) is 24.0 Å². The van der Waals surface area contributed by atoms with Crippen molar-refractivity contribution in [3.8, 4) is 0 Å². The van der Waals surface area contributed by atoms with Crippen LogP contribution in [0.2, 0.25) is 0 Å². The van der Waals surface area contributed by atoms with Crippen LogP contribution in [0.1, 0.15) is 18.9 Å². The number of hydrogen-bond acceptors (Lipinski definition) is 3. The lowest BCUT2D eigenvalue weighted by Crippen LogP contribution is -2.17. The van der Waals surface area contributed by atoms with E-state index in [4.69, 9.17) is 0 Å². The number of halogens is 1. The quantitative estimate of drug-likeness (QED) is 0.630. The van der Waals surface area contributed by atoms with Crippen LogP contribution in [0.25, 0.3) is 0 Å². The summed E-state index contributed by atoms with van der Waals surface area (Å²) in [5.74, 6) is 0.0957. The van der Waals surface area contributed by atoms with Crippen molar-refractivity contribution in [1.82, 2.24) is 5.32 Å². The highest BCUT2D eigenvalue weighted by molar-refractivity contribution is 5.35. The first-order chi connectivity index (χ1) is 7.56. The van der Waals surface area contributed by atoms with Crippen molar-refractivity contribution in [2.24, 2.45) is 5.92 Å². The summed E-state index contributed by atoms with van der Waals surface area (Å²) in [5, 5.41) is 13.8. The molecule has 5 heteroatoms. The Labute approximate surface area is 92.6 Å². The van der Waals surface area contributed by atoms with E-state index in [-0.39, 0.29) is 5.69 Å². The van der Waals surface area contributed by atoms with Crippen LogP contribution in [0.3, 0.4) is 0 Å². The second-order valence-corrected chi connectivity index (χ2v) is 4.28.